The van der Waals surface area contributed by atoms with E-state index in [4.69, 9.17) is 11.6 Å². The van der Waals surface area contributed by atoms with Gasteiger partial charge < -0.3 is 4.79 Å². The molecule has 0 radical (unpaired) electrons. The predicted molar refractivity (Wildman–Crippen MR) is 48.6 cm³/mol. The van der Waals surface area contributed by atoms with Crippen LogP contribution in [0.1, 0.15) is 0 Å². The standard InChI is InChI=1S/C8H6ClN3O/c9-6-1-2-7-8(5-6)12(3-4-13)11-10-7/h1-2,4-5H,3H2. The highest BCUT2D eigenvalue weighted by Crippen LogP contribution is 2.16. The third-order valence-electron chi connectivity index (χ3n) is 1.72. The first-order valence-corrected chi connectivity index (χ1v) is 4.11. The Hall–Kier alpha value is -1.42. The molecule has 13 heavy (non-hydrogen) atoms. The third kappa shape index (κ3) is 1.40. The fourth-order valence-electron chi connectivity index (χ4n) is 1.14. The van der Waals surface area contributed by atoms with Gasteiger partial charge in [-0.2, -0.15) is 0 Å². The van der Waals surface area contributed by atoms with E-state index in [0.717, 1.165) is 17.3 Å². The first kappa shape index (κ1) is 8.19. The minimum Gasteiger partial charge on any atom is -0.301 e. The monoisotopic (exact) mass is 195 g/mol. The fraction of sp³-hybridized carbons (Fsp3) is 0.125. The van der Waals surface area contributed by atoms with E-state index >= 15 is 0 Å². The number of benzene rings is 1. The lowest BCUT2D eigenvalue weighted by Gasteiger charge is -1.94. The minimum absolute atomic E-state index is 0.205. The number of carbonyl (C=O) groups excluding carboxylic acids is 1. The van der Waals surface area contributed by atoms with Crippen molar-refractivity contribution < 1.29 is 4.79 Å². The molecular formula is C8H6ClN3O. The van der Waals surface area contributed by atoms with E-state index in [0.29, 0.717) is 5.02 Å². The van der Waals surface area contributed by atoms with Crippen LogP contribution >= 0.6 is 11.6 Å². The van der Waals surface area contributed by atoms with Gasteiger partial charge in [0, 0.05) is 5.02 Å². The quantitative estimate of drug-likeness (QED) is 0.679. The predicted octanol–water partition coefficient (Wildman–Crippen LogP) is 1.28. The summed E-state index contributed by atoms with van der Waals surface area (Å²) in [4.78, 5) is 10.3. The zero-order valence-electron chi connectivity index (χ0n) is 6.64. The first-order valence-electron chi connectivity index (χ1n) is 3.73. The number of fused-ring (bicyclic) bond motifs is 1. The molecule has 0 spiro atoms. The molecule has 0 N–H and O–H groups in total. The summed E-state index contributed by atoms with van der Waals surface area (Å²) in [5, 5.41) is 8.29. The lowest BCUT2D eigenvalue weighted by Crippen LogP contribution is -2.00. The number of rotatable bonds is 2. The van der Waals surface area contributed by atoms with Gasteiger partial charge in [-0.3, -0.25) is 0 Å². The Kier molecular flexibility index (Phi) is 1.98. The van der Waals surface area contributed by atoms with Crippen LogP contribution < -0.4 is 0 Å². The van der Waals surface area contributed by atoms with Crippen LogP contribution in [0.5, 0.6) is 0 Å². The second-order valence-corrected chi connectivity index (χ2v) is 3.01. The average molecular weight is 196 g/mol. The van der Waals surface area contributed by atoms with Gasteiger partial charge >= 0.3 is 0 Å². The highest BCUT2D eigenvalue weighted by molar-refractivity contribution is 6.31. The van der Waals surface area contributed by atoms with E-state index in [1.165, 1.54) is 4.68 Å². The van der Waals surface area contributed by atoms with Crippen molar-refractivity contribution in [1.29, 1.82) is 0 Å². The third-order valence-corrected chi connectivity index (χ3v) is 1.96. The molecule has 4 nitrogen and oxygen atoms in total. The van der Waals surface area contributed by atoms with Crippen molar-refractivity contribution >= 4 is 28.9 Å². The summed E-state index contributed by atoms with van der Waals surface area (Å²) in [7, 11) is 0. The van der Waals surface area contributed by atoms with Gasteiger partial charge in [-0.05, 0) is 18.2 Å². The summed E-state index contributed by atoms with van der Waals surface area (Å²) in [6, 6.07) is 5.25. The zero-order chi connectivity index (χ0) is 9.26. The first-order chi connectivity index (χ1) is 6.31. The van der Waals surface area contributed by atoms with Crippen LogP contribution in [-0.2, 0) is 11.3 Å². The molecule has 0 aliphatic rings. The van der Waals surface area contributed by atoms with E-state index in [2.05, 4.69) is 10.3 Å². The van der Waals surface area contributed by atoms with Gasteiger partial charge in [-0.1, -0.05) is 16.8 Å². The Bertz CT molecular complexity index is 452. The Morgan fingerprint density at radius 3 is 3.15 bits per heavy atom. The van der Waals surface area contributed by atoms with Gasteiger partial charge in [0.15, 0.2) is 0 Å². The molecule has 0 aliphatic heterocycles. The normalized spacial score (nSPS) is 10.5. The number of carbonyl (C=O) groups is 1. The van der Waals surface area contributed by atoms with Crippen molar-refractivity contribution in [3.05, 3.63) is 23.2 Å². The Labute approximate surface area is 79.1 Å². The molecule has 0 unspecified atom stereocenters. The number of aromatic nitrogens is 3. The van der Waals surface area contributed by atoms with Gasteiger partial charge in [0.2, 0.25) is 0 Å². The van der Waals surface area contributed by atoms with Gasteiger partial charge in [-0.15, -0.1) is 5.10 Å². The SMILES string of the molecule is O=CCn1nnc2ccc(Cl)cc21. The van der Waals surface area contributed by atoms with E-state index in [9.17, 15) is 4.79 Å². The maximum absolute atomic E-state index is 10.3. The molecular weight excluding hydrogens is 190 g/mol. The molecule has 0 fully saturated rings. The summed E-state index contributed by atoms with van der Waals surface area (Å²) in [6.45, 7) is 0.205. The lowest BCUT2D eigenvalue weighted by atomic mass is 10.3. The topological polar surface area (TPSA) is 47.8 Å². The summed E-state index contributed by atoms with van der Waals surface area (Å²) in [5.41, 5.74) is 1.52. The molecule has 0 saturated carbocycles. The van der Waals surface area contributed by atoms with Crippen molar-refractivity contribution in [3.63, 3.8) is 0 Å². The maximum atomic E-state index is 10.3. The van der Waals surface area contributed by atoms with Crippen molar-refractivity contribution in [2.24, 2.45) is 0 Å². The Balaban J connectivity index is 2.64. The van der Waals surface area contributed by atoms with Crippen LogP contribution in [0.3, 0.4) is 0 Å². The number of nitrogens with zero attached hydrogens (tertiary/aromatic N) is 3. The molecule has 2 aromatic rings. The minimum atomic E-state index is 0.205. The van der Waals surface area contributed by atoms with E-state index in [1.54, 1.807) is 18.2 Å². The van der Waals surface area contributed by atoms with Crippen molar-refractivity contribution in [1.82, 2.24) is 15.0 Å². The van der Waals surface area contributed by atoms with Crippen LogP contribution in [0.2, 0.25) is 5.02 Å². The average Bonchev–Trinajstić information content (AvgIpc) is 2.49. The molecule has 0 bridgehead atoms. The van der Waals surface area contributed by atoms with Crippen LogP contribution in [0, 0.1) is 0 Å². The molecule has 5 heteroatoms. The second-order valence-electron chi connectivity index (χ2n) is 2.57. The number of hydrogen-bond acceptors (Lipinski definition) is 3. The van der Waals surface area contributed by atoms with Gasteiger partial charge in [-0.25, -0.2) is 4.68 Å². The molecule has 0 aliphatic carbocycles. The molecule has 0 atom stereocenters. The van der Waals surface area contributed by atoms with Gasteiger partial charge in [0.1, 0.15) is 11.8 Å². The second kappa shape index (κ2) is 3.14. The molecule has 1 aromatic carbocycles. The van der Waals surface area contributed by atoms with Gasteiger partial charge in [0.25, 0.3) is 0 Å². The summed E-state index contributed by atoms with van der Waals surface area (Å²) >= 11 is 5.79. The molecule has 1 heterocycles. The van der Waals surface area contributed by atoms with Crippen LogP contribution in [0.15, 0.2) is 18.2 Å². The molecule has 2 rings (SSSR count). The van der Waals surface area contributed by atoms with Crippen molar-refractivity contribution in [2.45, 2.75) is 6.54 Å². The fourth-order valence-corrected chi connectivity index (χ4v) is 1.31. The van der Waals surface area contributed by atoms with Crippen molar-refractivity contribution in [3.8, 4) is 0 Å². The van der Waals surface area contributed by atoms with E-state index in [1.807, 2.05) is 0 Å². The van der Waals surface area contributed by atoms with Gasteiger partial charge in [0.05, 0.1) is 12.1 Å². The summed E-state index contributed by atoms with van der Waals surface area (Å²) in [6.07, 6.45) is 0.773. The van der Waals surface area contributed by atoms with E-state index < -0.39 is 0 Å². The number of aldehydes is 1. The van der Waals surface area contributed by atoms with Crippen molar-refractivity contribution in [2.75, 3.05) is 0 Å². The largest absolute Gasteiger partial charge is 0.301 e. The Morgan fingerprint density at radius 2 is 2.38 bits per heavy atom. The smallest absolute Gasteiger partial charge is 0.141 e. The Morgan fingerprint density at radius 1 is 1.54 bits per heavy atom. The highest BCUT2D eigenvalue weighted by Gasteiger charge is 2.03. The van der Waals surface area contributed by atoms with Crippen LogP contribution in [-0.4, -0.2) is 21.3 Å². The van der Waals surface area contributed by atoms with E-state index in [-0.39, 0.29) is 6.54 Å². The summed E-state index contributed by atoms with van der Waals surface area (Å²) in [5.74, 6) is 0. The maximum Gasteiger partial charge on any atom is 0.141 e. The van der Waals surface area contributed by atoms with Crippen LogP contribution in [0.25, 0.3) is 11.0 Å². The molecule has 0 saturated heterocycles. The molecule has 66 valence electrons. The highest BCUT2D eigenvalue weighted by atomic mass is 35.5. The summed E-state index contributed by atoms with van der Waals surface area (Å²) < 4.78 is 1.51. The molecule has 0 amide bonds. The number of hydrogen-bond donors (Lipinski definition) is 0. The zero-order valence-corrected chi connectivity index (χ0v) is 7.40. The lowest BCUT2D eigenvalue weighted by molar-refractivity contribution is -0.108. The molecule has 1 aromatic heterocycles. The number of halogens is 1. The van der Waals surface area contributed by atoms with Crippen LogP contribution in [0.4, 0.5) is 0 Å².